The second-order valence-corrected chi connectivity index (χ2v) is 5.28. The quantitative estimate of drug-likeness (QED) is 0.732. The molecule has 2 aromatic rings. The molecule has 2 heterocycles. The normalized spacial score (nSPS) is 21.6. The predicted octanol–water partition coefficient (Wildman–Crippen LogP) is 0.460. The van der Waals surface area contributed by atoms with Crippen molar-refractivity contribution >= 4 is 11.9 Å². The number of nitrogens with one attached hydrogen (secondary N) is 1. The van der Waals surface area contributed by atoms with Crippen molar-refractivity contribution < 1.29 is 5.11 Å². The maximum Gasteiger partial charge on any atom is 0.257 e. The molecule has 1 saturated carbocycles. The largest absolute Gasteiger partial charge is 0.396 e. The maximum atomic E-state index is 9.35. The average molecular weight is 289 g/mol. The van der Waals surface area contributed by atoms with E-state index in [1.807, 2.05) is 0 Å². The Morgan fingerprint density at radius 2 is 2.14 bits per heavy atom. The number of aliphatic hydroxyl groups is 1. The van der Waals surface area contributed by atoms with Crippen molar-refractivity contribution in [2.75, 3.05) is 24.2 Å². The first-order valence-electron chi connectivity index (χ1n) is 7.12. The molecule has 0 bridgehead atoms. The number of rotatable bonds is 5. The van der Waals surface area contributed by atoms with Gasteiger partial charge in [0.25, 0.3) is 5.95 Å². The number of anilines is 2. The molecule has 2 atom stereocenters. The fraction of sp³-hybridized carbons (Fsp3) is 0.538. The van der Waals surface area contributed by atoms with Crippen molar-refractivity contribution in [3.63, 3.8) is 0 Å². The van der Waals surface area contributed by atoms with Crippen molar-refractivity contribution in [3.8, 4) is 5.95 Å². The van der Waals surface area contributed by atoms with Gasteiger partial charge in [0.15, 0.2) is 0 Å². The van der Waals surface area contributed by atoms with Gasteiger partial charge in [-0.1, -0.05) is 6.42 Å². The summed E-state index contributed by atoms with van der Waals surface area (Å²) < 4.78 is 1.54. The molecule has 2 unspecified atom stereocenters. The number of aromatic nitrogens is 5. The highest BCUT2D eigenvalue weighted by Gasteiger charge is 2.26. The van der Waals surface area contributed by atoms with Gasteiger partial charge in [-0.3, -0.25) is 0 Å². The summed E-state index contributed by atoms with van der Waals surface area (Å²) in [6.45, 7) is 0.970. The number of nitrogen functional groups attached to an aromatic ring is 1. The van der Waals surface area contributed by atoms with E-state index in [9.17, 15) is 5.11 Å². The van der Waals surface area contributed by atoms with Crippen LogP contribution in [0.5, 0.6) is 0 Å². The summed E-state index contributed by atoms with van der Waals surface area (Å²) in [7, 11) is 0. The highest BCUT2D eigenvalue weighted by atomic mass is 16.3. The van der Waals surface area contributed by atoms with Gasteiger partial charge in [0, 0.05) is 25.5 Å². The number of nitrogens with two attached hydrogens (primary N) is 1. The van der Waals surface area contributed by atoms with Crippen molar-refractivity contribution in [3.05, 3.63) is 18.5 Å². The Balaban J connectivity index is 1.71. The Kier molecular flexibility index (Phi) is 3.96. The first kappa shape index (κ1) is 13.7. The van der Waals surface area contributed by atoms with Crippen molar-refractivity contribution in [1.29, 1.82) is 0 Å². The molecule has 21 heavy (non-hydrogen) atoms. The SMILES string of the molecule is Nc1nc(NCC2CCCC2CO)nc(-n2cccn2)n1. The van der Waals surface area contributed by atoms with E-state index in [1.165, 1.54) is 4.68 Å². The minimum atomic E-state index is 0.156. The number of aliphatic hydroxyl groups excluding tert-OH is 1. The van der Waals surface area contributed by atoms with Crippen molar-refractivity contribution in [1.82, 2.24) is 24.7 Å². The molecule has 3 rings (SSSR count). The Bertz CT molecular complexity index is 586. The summed E-state index contributed by atoms with van der Waals surface area (Å²) in [4.78, 5) is 12.5. The zero-order valence-corrected chi connectivity index (χ0v) is 11.7. The molecule has 1 fully saturated rings. The predicted molar refractivity (Wildman–Crippen MR) is 77.8 cm³/mol. The van der Waals surface area contributed by atoms with Crippen LogP contribution in [0.4, 0.5) is 11.9 Å². The highest BCUT2D eigenvalue weighted by molar-refractivity contribution is 5.34. The topological polar surface area (TPSA) is 115 Å². The van der Waals surface area contributed by atoms with Gasteiger partial charge in [0.2, 0.25) is 11.9 Å². The van der Waals surface area contributed by atoms with E-state index in [2.05, 4.69) is 25.4 Å². The van der Waals surface area contributed by atoms with Crippen LogP contribution in [0.2, 0.25) is 0 Å². The molecule has 112 valence electrons. The van der Waals surface area contributed by atoms with Crippen LogP contribution in [0.15, 0.2) is 18.5 Å². The smallest absolute Gasteiger partial charge is 0.257 e. The molecular formula is C13H19N7O. The van der Waals surface area contributed by atoms with E-state index in [-0.39, 0.29) is 12.6 Å². The molecule has 0 aliphatic heterocycles. The highest BCUT2D eigenvalue weighted by Crippen LogP contribution is 2.31. The first-order chi connectivity index (χ1) is 10.3. The molecule has 0 saturated heterocycles. The average Bonchev–Trinajstić information content (AvgIpc) is 3.15. The monoisotopic (exact) mass is 289 g/mol. The van der Waals surface area contributed by atoms with Gasteiger partial charge in [-0.2, -0.15) is 20.1 Å². The molecule has 8 nitrogen and oxygen atoms in total. The minimum Gasteiger partial charge on any atom is -0.396 e. The van der Waals surface area contributed by atoms with Crippen molar-refractivity contribution in [2.24, 2.45) is 11.8 Å². The van der Waals surface area contributed by atoms with Gasteiger partial charge < -0.3 is 16.2 Å². The van der Waals surface area contributed by atoms with Crippen LogP contribution in [-0.2, 0) is 0 Å². The summed E-state index contributed by atoms with van der Waals surface area (Å²) in [6, 6.07) is 1.79. The second kappa shape index (κ2) is 6.04. The molecule has 8 heteroatoms. The number of nitrogens with zero attached hydrogens (tertiary/aromatic N) is 5. The zero-order valence-electron chi connectivity index (χ0n) is 11.7. The summed E-state index contributed by atoms with van der Waals surface area (Å²) in [5.41, 5.74) is 5.72. The molecule has 0 spiro atoms. The van der Waals surface area contributed by atoms with E-state index in [1.54, 1.807) is 18.5 Å². The van der Waals surface area contributed by atoms with Gasteiger partial charge in [-0.05, 0) is 30.7 Å². The molecule has 2 aromatic heterocycles. The Morgan fingerprint density at radius 3 is 2.90 bits per heavy atom. The fourth-order valence-electron chi connectivity index (χ4n) is 2.79. The molecule has 0 amide bonds. The van der Waals surface area contributed by atoms with Crippen LogP contribution in [0.25, 0.3) is 5.95 Å². The van der Waals surface area contributed by atoms with Gasteiger partial charge in [0.05, 0.1) is 0 Å². The lowest BCUT2D eigenvalue weighted by Crippen LogP contribution is -2.22. The van der Waals surface area contributed by atoms with Crippen LogP contribution in [0, 0.1) is 11.8 Å². The first-order valence-corrected chi connectivity index (χ1v) is 7.12. The summed E-state index contributed by atoms with van der Waals surface area (Å²) in [5.74, 6) is 1.79. The third-order valence-electron chi connectivity index (χ3n) is 3.92. The molecule has 4 N–H and O–H groups in total. The van der Waals surface area contributed by atoms with E-state index in [4.69, 9.17) is 5.73 Å². The molecule has 0 radical (unpaired) electrons. The van der Waals surface area contributed by atoms with Gasteiger partial charge in [-0.25, -0.2) is 4.68 Å². The van der Waals surface area contributed by atoms with E-state index in [0.29, 0.717) is 23.7 Å². The van der Waals surface area contributed by atoms with E-state index in [0.717, 1.165) is 25.8 Å². The minimum absolute atomic E-state index is 0.156. The third-order valence-corrected chi connectivity index (χ3v) is 3.92. The fourth-order valence-corrected chi connectivity index (χ4v) is 2.79. The number of hydrogen-bond donors (Lipinski definition) is 3. The summed E-state index contributed by atoms with van der Waals surface area (Å²) in [6.07, 6.45) is 6.76. The zero-order chi connectivity index (χ0) is 14.7. The van der Waals surface area contributed by atoms with E-state index >= 15 is 0 Å². The summed E-state index contributed by atoms with van der Waals surface area (Å²) in [5, 5.41) is 16.6. The third kappa shape index (κ3) is 3.10. The van der Waals surface area contributed by atoms with Gasteiger partial charge in [0.1, 0.15) is 0 Å². The molecule has 1 aliphatic carbocycles. The standard InChI is InChI=1S/C13H19N7O/c14-11-17-12(15-7-9-3-1-4-10(9)8-21)19-13(18-11)20-6-2-5-16-20/h2,5-6,9-10,21H,1,3-4,7-8H2,(H3,14,15,17,18,19). The summed E-state index contributed by atoms with van der Waals surface area (Å²) >= 11 is 0. The van der Waals surface area contributed by atoms with E-state index < -0.39 is 0 Å². The van der Waals surface area contributed by atoms with Crippen LogP contribution in [0.1, 0.15) is 19.3 Å². The van der Waals surface area contributed by atoms with Crippen LogP contribution < -0.4 is 11.1 Å². The second-order valence-electron chi connectivity index (χ2n) is 5.28. The lowest BCUT2D eigenvalue weighted by atomic mass is 9.97. The van der Waals surface area contributed by atoms with Crippen molar-refractivity contribution in [2.45, 2.75) is 19.3 Å². The van der Waals surface area contributed by atoms with Crippen LogP contribution >= 0.6 is 0 Å². The lowest BCUT2D eigenvalue weighted by molar-refractivity contribution is 0.199. The maximum absolute atomic E-state index is 9.35. The Labute approximate surface area is 122 Å². The lowest BCUT2D eigenvalue weighted by Gasteiger charge is -2.17. The number of hydrogen-bond acceptors (Lipinski definition) is 7. The Morgan fingerprint density at radius 1 is 1.29 bits per heavy atom. The Hall–Kier alpha value is -2.22. The molecular weight excluding hydrogens is 270 g/mol. The molecule has 1 aliphatic rings. The van der Waals surface area contributed by atoms with Crippen LogP contribution in [-0.4, -0.2) is 43.0 Å². The van der Waals surface area contributed by atoms with Crippen LogP contribution in [0.3, 0.4) is 0 Å². The molecule has 0 aromatic carbocycles. The van der Waals surface area contributed by atoms with Gasteiger partial charge >= 0.3 is 0 Å². The van der Waals surface area contributed by atoms with Gasteiger partial charge in [-0.15, -0.1) is 0 Å².